The summed E-state index contributed by atoms with van der Waals surface area (Å²) in [5.74, 6) is -0.585. The van der Waals surface area contributed by atoms with Crippen LogP contribution in [0.2, 0.25) is 5.02 Å². The highest BCUT2D eigenvalue weighted by molar-refractivity contribution is 6.31. The fourth-order valence-corrected chi connectivity index (χ4v) is 4.98. The molecule has 0 bridgehead atoms. The second kappa shape index (κ2) is 9.48. The predicted molar refractivity (Wildman–Crippen MR) is 136 cm³/mol. The summed E-state index contributed by atoms with van der Waals surface area (Å²) in [4.78, 5) is 13.5. The number of hydrogen-bond donors (Lipinski definition) is 5. The lowest BCUT2D eigenvalue weighted by Gasteiger charge is -2.47. The molecule has 5 N–H and O–H groups in total. The average molecular weight is 511 g/mol. The fourth-order valence-electron chi connectivity index (χ4n) is 4.81. The molecule has 1 saturated heterocycles. The van der Waals surface area contributed by atoms with Gasteiger partial charge in [0.2, 0.25) is 0 Å². The van der Waals surface area contributed by atoms with Gasteiger partial charge in [-0.1, -0.05) is 48.0 Å². The molecule has 0 spiro atoms. The fraction of sp³-hybridized carbons (Fsp3) is 0.296. The molecule has 0 aliphatic carbocycles. The van der Waals surface area contributed by atoms with Gasteiger partial charge in [0.15, 0.2) is 6.29 Å². The summed E-state index contributed by atoms with van der Waals surface area (Å²) in [6.07, 6.45) is -4.23. The number of carbonyl (C=O) groups is 1. The predicted octanol–water partition coefficient (Wildman–Crippen LogP) is 2.42. The van der Waals surface area contributed by atoms with Gasteiger partial charge in [0.1, 0.15) is 23.9 Å². The topological polar surface area (TPSA) is 124 Å². The van der Waals surface area contributed by atoms with Crippen LogP contribution in [0.25, 0.3) is 21.7 Å². The largest absolute Gasteiger partial charge is 0.394 e. The highest BCUT2D eigenvalue weighted by atomic mass is 35.5. The van der Waals surface area contributed by atoms with Gasteiger partial charge < -0.3 is 35.0 Å². The molecule has 1 unspecified atom stereocenters. The maximum atomic E-state index is 13.5. The summed E-state index contributed by atoms with van der Waals surface area (Å²) in [5.41, 5.74) is 0.383. The Balaban J connectivity index is 1.49. The first-order valence-corrected chi connectivity index (χ1v) is 12.0. The second-order valence-corrected chi connectivity index (χ2v) is 9.83. The molecule has 1 aliphatic heterocycles. The van der Waals surface area contributed by atoms with Crippen LogP contribution >= 0.6 is 11.6 Å². The second-order valence-electron chi connectivity index (χ2n) is 9.40. The first-order valence-electron chi connectivity index (χ1n) is 11.6. The number of aromatic nitrogens is 1. The van der Waals surface area contributed by atoms with Crippen molar-refractivity contribution in [1.29, 1.82) is 0 Å². The summed E-state index contributed by atoms with van der Waals surface area (Å²) < 4.78 is 7.19. The Labute approximate surface area is 212 Å². The van der Waals surface area contributed by atoms with E-state index in [1.165, 1.54) is 6.92 Å². The Kier molecular flexibility index (Phi) is 6.50. The summed E-state index contributed by atoms with van der Waals surface area (Å²) in [5, 5.41) is 46.8. The first-order chi connectivity index (χ1) is 17.2. The number of benzene rings is 3. The lowest BCUT2D eigenvalue weighted by Crippen LogP contribution is -2.71. The van der Waals surface area contributed by atoms with E-state index in [0.717, 1.165) is 21.9 Å². The van der Waals surface area contributed by atoms with Crippen molar-refractivity contribution < 1.29 is 30.0 Å². The number of rotatable bonds is 5. The molecule has 1 amide bonds. The molecule has 2 heterocycles. The molecule has 5 rings (SSSR count). The number of aliphatic hydroxyl groups excluding tert-OH is 4. The number of nitrogens with zero attached hydrogens (tertiary/aromatic N) is 1. The van der Waals surface area contributed by atoms with Gasteiger partial charge in [-0.2, -0.15) is 0 Å². The minimum absolute atomic E-state index is 0.285. The van der Waals surface area contributed by atoms with Crippen molar-refractivity contribution in [2.24, 2.45) is 0 Å². The van der Waals surface area contributed by atoms with Crippen LogP contribution in [-0.2, 0) is 11.3 Å². The SMILES string of the molecule is C[C@]1(NC(=O)c2cn(Cc3ccc4ccccc4c3)c3ccc(Cl)cc23)C(O)O[C@H](CO)[C@@H](O)[C@@H]1O. The van der Waals surface area contributed by atoms with Crippen LogP contribution in [0.15, 0.2) is 66.9 Å². The van der Waals surface area contributed by atoms with Gasteiger partial charge in [-0.3, -0.25) is 4.79 Å². The summed E-state index contributed by atoms with van der Waals surface area (Å²) in [7, 11) is 0. The van der Waals surface area contributed by atoms with E-state index >= 15 is 0 Å². The third-order valence-electron chi connectivity index (χ3n) is 6.95. The maximum absolute atomic E-state index is 13.5. The van der Waals surface area contributed by atoms with Gasteiger partial charge in [-0.05, 0) is 47.5 Å². The number of nitrogens with one attached hydrogen (secondary N) is 1. The molecule has 1 aromatic heterocycles. The van der Waals surface area contributed by atoms with E-state index in [1.807, 2.05) is 41.0 Å². The number of carbonyl (C=O) groups excluding carboxylic acids is 1. The highest BCUT2D eigenvalue weighted by Gasteiger charge is 2.53. The molecule has 0 saturated carbocycles. The molecule has 8 nitrogen and oxygen atoms in total. The Bertz CT molecular complexity index is 1440. The van der Waals surface area contributed by atoms with Crippen molar-refractivity contribution in [3.05, 3.63) is 83.0 Å². The molecule has 1 fully saturated rings. The minimum atomic E-state index is -1.73. The Morgan fingerprint density at radius 3 is 2.58 bits per heavy atom. The molecule has 9 heteroatoms. The van der Waals surface area contributed by atoms with E-state index in [1.54, 1.807) is 18.3 Å². The first kappa shape index (κ1) is 24.7. The average Bonchev–Trinajstić information content (AvgIpc) is 3.22. The monoisotopic (exact) mass is 510 g/mol. The number of hydrogen-bond acceptors (Lipinski definition) is 6. The Morgan fingerprint density at radius 1 is 1.08 bits per heavy atom. The lowest BCUT2D eigenvalue weighted by molar-refractivity contribution is -0.278. The molecule has 0 radical (unpaired) electrons. The number of halogens is 1. The lowest BCUT2D eigenvalue weighted by atomic mass is 9.84. The van der Waals surface area contributed by atoms with Crippen LogP contribution in [-0.4, -0.2) is 67.6 Å². The summed E-state index contributed by atoms with van der Waals surface area (Å²) in [6.45, 7) is 1.27. The number of amides is 1. The van der Waals surface area contributed by atoms with Crippen LogP contribution in [0.4, 0.5) is 0 Å². The molecule has 1 aliphatic rings. The van der Waals surface area contributed by atoms with Gasteiger partial charge in [0.05, 0.1) is 12.2 Å². The zero-order chi connectivity index (χ0) is 25.6. The molecule has 3 aromatic carbocycles. The van der Waals surface area contributed by atoms with E-state index in [9.17, 15) is 25.2 Å². The van der Waals surface area contributed by atoms with Crippen LogP contribution in [0.5, 0.6) is 0 Å². The number of fused-ring (bicyclic) bond motifs is 2. The quantitative estimate of drug-likeness (QED) is 0.281. The molecular weight excluding hydrogens is 484 g/mol. The van der Waals surface area contributed by atoms with Gasteiger partial charge in [-0.15, -0.1) is 0 Å². The van der Waals surface area contributed by atoms with Crippen LogP contribution in [0, 0.1) is 0 Å². The van der Waals surface area contributed by atoms with E-state index in [0.29, 0.717) is 17.0 Å². The van der Waals surface area contributed by atoms with E-state index in [-0.39, 0.29) is 5.56 Å². The van der Waals surface area contributed by atoms with Gasteiger partial charge in [-0.25, -0.2) is 0 Å². The van der Waals surface area contributed by atoms with Crippen molar-refractivity contribution in [2.75, 3.05) is 6.61 Å². The van der Waals surface area contributed by atoms with Crippen molar-refractivity contribution >= 4 is 39.2 Å². The maximum Gasteiger partial charge on any atom is 0.254 e. The summed E-state index contributed by atoms with van der Waals surface area (Å²) in [6, 6.07) is 19.5. The van der Waals surface area contributed by atoms with Crippen LogP contribution in [0.3, 0.4) is 0 Å². The van der Waals surface area contributed by atoms with Gasteiger partial charge in [0, 0.05) is 28.7 Å². The van der Waals surface area contributed by atoms with Crippen molar-refractivity contribution in [1.82, 2.24) is 9.88 Å². The zero-order valence-electron chi connectivity index (χ0n) is 19.5. The summed E-state index contributed by atoms with van der Waals surface area (Å²) >= 11 is 6.25. The minimum Gasteiger partial charge on any atom is -0.394 e. The smallest absolute Gasteiger partial charge is 0.254 e. The van der Waals surface area contributed by atoms with E-state index < -0.39 is 42.7 Å². The third kappa shape index (κ3) is 4.26. The van der Waals surface area contributed by atoms with Crippen LogP contribution < -0.4 is 5.32 Å². The normalized spacial score (nSPS) is 26.4. The van der Waals surface area contributed by atoms with E-state index in [2.05, 4.69) is 17.4 Å². The van der Waals surface area contributed by atoms with E-state index in [4.69, 9.17) is 16.3 Å². The Morgan fingerprint density at radius 2 is 1.83 bits per heavy atom. The number of ether oxygens (including phenoxy) is 1. The van der Waals surface area contributed by atoms with Crippen molar-refractivity contribution in [2.45, 2.75) is 43.6 Å². The van der Waals surface area contributed by atoms with Crippen molar-refractivity contribution in [3.63, 3.8) is 0 Å². The standard InChI is InChI=1S/C27H27ClN2O6/c1-27(24(33)23(32)22(14-31)36-26(27)35)29-25(34)20-13-30(21-9-8-18(28)11-19(20)21)12-15-6-7-16-4-2-3-5-17(16)10-15/h2-11,13,22-24,26,31-33,35H,12,14H2,1H3,(H,29,34)/t22-,23-,24+,26?,27-/m1/s1. The molecule has 4 aromatic rings. The molecule has 36 heavy (non-hydrogen) atoms. The van der Waals surface area contributed by atoms with Gasteiger partial charge >= 0.3 is 0 Å². The zero-order valence-corrected chi connectivity index (χ0v) is 20.3. The van der Waals surface area contributed by atoms with Crippen LogP contribution in [0.1, 0.15) is 22.8 Å². The highest BCUT2D eigenvalue weighted by Crippen LogP contribution is 2.31. The molecule has 5 atom stereocenters. The number of aliphatic hydroxyl groups is 4. The molecule has 188 valence electrons. The van der Waals surface area contributed by atoms with Crippen molar-refractivity contribution in [3.8, 4) is 0 Å². The Hall–Kier alpha value is -2.98. The molecular formula is C27H27ClN2O6. The van der Waals surface area contributed by atoms with Gasteiger partial charge in [0.25, 0.3) is 5.91 Å². The third-order valence-corrected chi connectivity index (χ3v) is 7.19.